The minimum atomic E-state index is -3.99. The molecule has 0 amide bonds. The maximum atomic E-state index is 12.4. The van der Waals surface area contributed by atoms with Gasteiger partial charge in [-0.05, 0) is 68.3 Å². The number of carbonyl (C=O) groups is 1. The zero-order valence-corrected chi connectivity index (χ0v) is 17.5. The van der Waals surface area contributed by atoms with Gasteiger partial charge >= 0.3 is 16.1 Å². The summed E-state index contributed by atoms with van der Waals surface area (Å²) in [5.41, 5.74) is 3.82. The van der Waals surface area contributed by atoms with Crippen molar-refractivity contribution >= 4 is 27.5 Å². The lowest BCUT2D eigenvalue weighted by molar-refractivity contribution is 0.0515. The number of hydrogen-bond donors (Lipinski definition) is 0. The lowest BCUT2D eigenvalue weighted by Gasteiger charge is -2.08. The van der Waals surface area contributed by atoms with Crippen LogP contribution in [0.1, 0.15) is 27.0 Å². The van der Waals surface area contributed by atoms with E-state index in [1.54, 1.807) is 18.2 Å². The summed E-state index contributed by atoms with van der Waals surface area (Å²) in [4.78, 5) is 17.4. The number of allylic oxidation sites excluding steroid dienone is 4. The summed E-state index contributed by atoms with van der Waals surface area (Å²) in [6, 6.07) is 11.5. The van der Waals surface area contributed by atoms with Crippen molar-refractivity contribution in [3.05, 3.63) is 89.0 Å². The number of rotatable bonds is 5. The average Bonchev–Trinajstić information content (AvgIpc) is 2.71. The fraction of sp³-hybridized carbons (Fsp3) is 0.136. The SMILES string of the molecule is Cc1cc(C)c(C(=O)ON=C2C=CC(=NOS(=O)(=O)c3ccccc3)C=C2)c(C)c1. The van der Waals surface area contributed by atoms with Crippen LogP contribution in [0, 0.1) is 20.8 Å². The molecule has 154 valence electrons. The lowest BCUT2D eigenvalue weighted by Crippen LogP contribution is -2.09. The van der Waals surface area contributed by atoms with Gasteiger partial charge in [-0.2, -0.15) is 8.42 Å². The van der Waals surface area contributed by atoms with Gasteiger partial charge in [-0.25, -0.2) is 4.79 Å². The maximum absolute atomic E-state index is 12.4. The molecule has 3 rings (SSSR count). The zero-order valence-electron chi connectivity index (χ0n) is 16.7. The minimum absolute atomic E-state index is 0.00831. The Hall–Kier alpha value is -3.52. The summed E-state index contributed by atoms with van der Waals surface area (Å²) in [5.74, 6) is -0.545. The van der Waals surface area contributed by atoms with Gasteiger partial charge in [0.1, 0.15) is 16.3 Å². The van der Waals surface area contributed by atoms with Gasteiger partial charge in [0.25, 0.3) is 0 Å². The Balaban J connectivity index is 1.65. The first kappa shape index (κ1) is 21.2. The predicted octanol–water partition coefficient (Wildman–Crippen LogP) is 4.01. The first-order valence-electron chi connectivity index (χ1n) is 9.06. The molecule has 0 radical (unpaired) electrons. The molecule has 2 aromatic rings. The van der Waals surface area contributed by atoms with Crippen molar-refractivity contribution in [1.29, 1.82) is 0 Å². The van der Waals surface area contributed by atoms with Crippen molar-refractivity contribution in [2.24, 2.45) is 10.3 Å². The van der Waals surface area contributed by atoms with Crippen LogP contribution in [0.25, 0.3) is 0 Å². The highest BCUT2D eigenvalue weighted by molar-refractivity contribution is 7.86. The molecule has 0 atom stereocenters. The van der Waals surface area contributed by atoms with Gasteiger partial charge in [0, 0.05) is 0 Å². The number of carbonyl (C=O) groups excluding carboxylic acids is 1. The van der Waals surface area contributed by atoms with Gasteiger partial charge in [0.2, 0.25) is 0 Å². The van der Waals surface area contributed by atoms with E-state index in [9.17, 15) is 13.2 Å². The normalized spacial score (nSPS) is 13.2. The second kappa shape index (κ2) is 8.87. The van der Waals surface area contributed by atoms with E-state index in [-0.39, 0.29) is 10.6 Å². The standard InChI is InChI=1S/C22H20N2O5S/c1-15-13-16(2)21(17(3)14-15)22(25)28-23-18-9-11-19(12-10-18)24-29-30(26,27)20-7-5-4-6-8-20/h4-14H,1-3H3. The summed E-state index contributed by atoms with van der Waals surface area (Å²) >= 11 is 0. The number of benzene rings is 2. The summed E-state index contributed by atoms with van der Waals surface area (Å²) in [7, 11) is -3.99. The lowest BCUT2D eigenvalue weighted by atomic mass is 10.0. The molecule has 0 bridgehead atoms. The molecule has 8 heteroatoms. The molecule has 7 nitrogen and oxygen atoms in total. The van der Waals surface area contributed by atoms with E-state index < -0.39 is 16.1 Å². The molecule has 30 heavy (non-hydrogen) atoms. The molecular formula is C22H20N2O5S. The Kier molecular flexibility index (Phi) is 6.27. The van der Waals surface area contributed by atoms with Crippen LogP contribution in [0.4, 0.5) is 0 Å². The molecule has 2 aromatic carbocycles. The zero-order chi connectivity index (χ0) is 21.7. The number of hydrogen-bond acceptors (Lipinski definition) is 7. The van der Waals surface area contributed by atoms with Crippen molar-refractivity contribution in [2.45, 2.75) is 25.7 Å². The van der Waals surface area contributed by atoms with Gasteiger partial charge < -0.3 is 4.84 Å². The Bertz CT molecular complexity index is 1150. The number of aryl methyl sites for hydroxylation is 3. The molecule has 0 unspecified atom stereocenters. The van der Waals surface area contributed by atoms with E-state index in [0.717, 1.165) is 16.7 Å². The van der Waals surface area contributed by atoms with Crippen LogP contribution in [0.5, 0.6) is 0 Å². The second-order valence-electron chi connectivity index (χ2n) is 6.69. The molecule has 0 heterocycles. The van der Waals surface area contributed by atoms with E-state index in [1.807, 2.05) is 32.9 Å². The van der Waals surface area contributed by atoms with Crippen LogP contribution >= 0.6 is 0 Å². The molecule has 0 aliphatic heterocycles. The third-order valence-corrected chi connectivity index (χ3v) is 5.36. The first-order valence-corrected chi connectivity index (χ1v) is 10.5. The molecule has 1 aliphatic rings. The quantitative estimate of drug-likeness (QED) is 0.411. The topological polar surface area (TPSA) is 94.4 Å². The second-order valence-corrected chi connectivity index (χ2v) is 8.22. The summed E-state index contributed by atoms with van der Waals surface area (Å²) in [6.45, 7) is 5.65. The Morgan fingerprint density at radius 1 is 0.833 bits per heavy atom. The predicted molar refractivity (Wildman–Crippen MR) is 114 cm³/mol. The Morgan fingerprint density at radius 2 is 1.37 bits per heavy atom. The Labute approximate surface area is 175 Å². The molecule has 0 spiro atoms. The van der Waals surface area contributed by atoms with Gasteiger partial charge in [-0.1, -0.05) is 46.2 Å². The largest absolute Gasteiger partial charge is 0.366 e. The van der Waals surface area contributed by atoms with E-state index in [1.165, 1.54) is 36.4 Å². The van der Waals surface area contributed by atoms with Crippen LogP contribution in [-0.4, -0.2) is 25.8 Å². The highest BCUT2D eigenvalue weighted by Crippen LogP contribution is 2.18. The summed E-state index contributed by atoms with van der Waals surface area (Å²) in [6.07, 6.45) is 6.05. The first-order chi connectivity index (χ1) is 14.3. The monoisotopic (exact) mass is 424 g/mol. The van der Waals surface area contributed by atoms with E-state index in [4.69, 9.17) is 9.12 Å². The van der Waals surface area contributed by atoms with Crippen molar-refractivity contribution in [2.75, 3.05) is 0 Å². The highest BCUT2D eigenvalue weighted by atomic mass is 32.2. The van der Waals surface area contributed by atoms with Gasteiger partial charge in [0.15, 0.2) is 0 Å². The number of nitrogens with zero attached hydrogens (tertiary/aromatic N) is 2. The van der Waals surface area contributed by atoms with Crippen LogP contribution in [0.15, 0.2) is 82.0 Å². The minimum Gasteiger partial charge on any atom is -0.312 e. The molecule has 0 saturated carbocycles. The molecule has 0 N–H and O–H groups in total. The van der Waals surface area contributed by atoms with Crippen molar-refractivity contribution in [3.63, 3.8) is 0 Å². The fourth-order valence-electron chi connectivity index (χ4n) is 2.94. The molecular weight excluding hydrogens is 404 g/mol. The van der Waals surface area contributed by atoms with Crippen molar-refractivity contribution in [3.8, 4) is 0 Å². The van der Waals surface area contributed by atoms with E-state index >= 15 is 0 Å². The average molecular weight is 424 g/mol. The van der Waals surface area contributed by atoms with Crippen LogP contribution < -0.4 is 0 Å². The van der Waals surface area contributed by atoms with Crippen molar-refractivity contribution in [1.82, 2.24) is 0 Å². The van der Waals surface area contributed by atoms with Crippen LogP contribution in [-0.2, 0) is 19.2 Å². The molecule has 0 fully saturated rings. The van der Waals surface area contributed by atoms with Crippen LogP contribution in [0.2, 0.25) is 0 Å². The Morgan fingerprint density at radius 3 is 1.93 bits per heavy atom. The molecule has 1 aliphatic carbocycles. The number of oxime groups is 2. The van der Waals surface area contributed by atoms with Gasteiger partial charge in [-0.3, -0.25) is 4.28 Å². The summed E-state index contributed by atoms with van der Waals surface area (Å²) in [5, 5.41) is 7.47. The van der Waals surface area contributed by atoms with Gasteiger partial charge in [-0.15, -0.1) is 0 Å². The maximum Gasteiger partial charge on any atom is 0.366 e. The third-order valence-electron chi connectivity index (χ3n) is 4.24. The highest BCUT2D eigenvalue weighted by Gasteiger charge is 2.16. The smallest absolute Gasteiger partial charge is 0.312 e. The third kappa shape index (κ3) is 5.09. The fourth-order valence-corrected chi connectivity index (χ4v) is 3.70. The van der Waals surface area contributed by atoms with Crippen LogP contribution in [0.3, 0.4) is 0 Å². The molecule has 0 saturated heterocycles. The van der Waals surface area contributed by atoms with E-state index in [0.29, 0.717) is 11.3 Å². The molecule has 0 aromatic heterocycles. The van der Waals surface area contributed by atoms with E-state index in [2.05, 4.69) is 10.3 Å². The van der Waals surface area contributed by atoms with Crippen molar-refractivity contribution < 1.29 is 22.3 Å². The van der Waals surface area contributed by atoms with Gasteiger partial charge in [0.05, 0.1) is 5.56 Å². The summed E-state index contributed by atoms with van der Waals surface area (Å²) < 4.78 is 28.9.